The van der Waals surface area contributed by atoms with Crippen LogP contribution in [0.3, 0.4) is 0 Å². The van der Waals surface area contributed by atoms with Gasteiger partial charge < -0.3 is 15.7 Å². The Morgan fingerprint density at radius 2 is 2.14 bits per heavy atom. The van der Waals surface area contributed by atoms with E-state index >= 15 is 0 Å². The molecule has 0 unspecified atom stereocenters. The van der Waals surface area contributed by atoms with E-state index in [9.17, 15) is 9.59 Å². The van der Waals surface area contributed by atoms with Crippen LogP contribution in [0.25, 0.3) is 0 Å². The number of urea groups is 1. The lowest BCUT2D eigenvalue weighted by Crippen LogP contribution is -2.38. The Bertz CT molecular complexity index is 593. The third kappa shape index (κ3) is 4.56. The summed E-state index contributed by atoms with van der Waals surface area (Å²) < 4.78 is 1.35. The zero-order valence-corrected chi connectivity index (χ0v) is 11.0. The SMILES string of the molecule is O=C(NCCc1ncn[nH]1)NCCn1cc(C(=O)O)nn1. The molecule has 0 radical (unpaired) electrons. The molecule has 4 N–H and O–H groups in total. The molecule has 0 aliphatic heterocycles. The molecule has 2 rings (SSSR count). The second kappa shape index (κ2) is 6.98. The van der Waals surface area contributed by atoms with Gasteiger partial charge >= 0.3 is 12.0 Å². The zero-order valence-electron chi connectivity index (χ0n) is 11.0. The van der Waals surface area contributed by atoms with Crippen LogP contribution in [0.15, 0.2) is 12.5 Å². The Morgan fingerprint density at radius 1 is 1.33 bits per heavy atom. The lowest BCUT2D eigenvalue weighted by Gasteiger charge is -2.06. The molecule has 0 atom stereocenters. The first kappa shape index (κ1) is 14.4. The molecule has 0 spiro atoms. The normalized spacial score (nSPS) is 10.3. The van der Waals surface area contributed by atoms with E-state index < -0.39 is 5.97 Å². The third-order valence-corrected chi connectivity index (χ3v) is 2.50. The molecule has 2 amide bonds. The van der Waals surface area contributed by atoms with Crippen molar-refractivity contribution in [1.29, 1.82) is 0 Å². The molecular weight excluding hydrogens is 280 g/mol. The molecule has 0 fully saturated rings. The molecule has 0 aliphatic carbocycles. The number of aromatic nitrogens is 6. The minimum Gasteiger partial charge on any atom is -0.476 e. The van der Waals surface area contributed by atoms with Crippen molar-refractivity contribution in [2.45, 2.75) is 13.0 Å². The number of carboxylic acid groups (broad SMARTS) is 1. The number of aromatic amines is 1. The second-order valence-electron chi connectivity index (χ2n) is 4.04. The van der Waals surface area contributed by atoms with Crippen LogP contribution < -0.4 is 10.6 Å². The number of rotatable bonds is 7. The number of carbonyl (C=O) groups excluding carboxylic acids is 1. The second-order valence-corrected chi connectivity index (χ2v) is 4.04. The highest BCUT2D eigenvalue weighted by Gasteiger charge is 2.08. The first-order valence-corrected chi connectivity index (χ1v) is 6.14. The minimum atomic E-state index is -1.14. The summed E-state index contributed by atoms with van der Waals surface area (Å²) in [5, 5.41) is 27.4. The van der Waals surface area contributed by atoms with E-state index in [-0.39, 0.29) is 11.7 Å². The highest BCUT2D eigenvalue weighted by Crippen LogP contribution is 1.91. The van der Waals surface area contributed by atoms with Crippen molar-refractivity contribution in [2.75, 3.05) is 13.1 Å². The zero-order chi connectivity index (χ0) is 15.1. The summed E-state index contributed by atoms with van der Waals surface area (Å²) in [6.45, 7) is 1.06. The van der Waals surface area contributed by atoms with Gasteiger partial charge in [0.2, 0.25) is 0 Å². The molecule has 112 valence electrons. The third-order valence-electron chi connectivity index (χ3n) is 2.50. The van der Waals surface area contributed by atoms with Crippen molar-refractivity contribution in [3.63, 3.8) is 0 Å². The molecule has 0 aliphatic rings. The lowest BCUT2D eigenvalue weighted by atomic mass is 10.4. The van der Waals surface area contributed by atoms with Crippen molar-refractivity contribution in [1.82, 2.24) is 40.8 Å². The molecule has 2 aromatic rings. The van der Waals surface area contributed by atoms with Crippen molar-refractivity contribution in [2.24, 2.45) is 0 Å². The van der Waals surface area contributed by atoms with E-state index in [0.717, 1.165) is 0 Å². The Hall–Kier alpha value is -2.98. The smallest absolute Gasteiger partial charge is 0.358 e. The van der Waals surface area contributed by atoms with Gasteiger partial charge in [-0.15, -0.1) is 5.10 Å². The Kier molecular flexibility index (Phi) is 4.79. The van der Waals surface area contributed by atoms with Gasteiger partial charge in [-0.2, -0.15) is 5.10 Å². The number of nitrogens with zero attached hydrogens (tertiary/aromatic N) is 5. The molecule has 11 heteroatoms. The number of nitrogens with one attached hydrogen (secondary N) is 3. The van der Waals surface area contributed by atoms with E-state index in [1.54, 1.807) is 0 Å². The lowest BCUT2D eigenvalue weighted by molar-refractivity contribution is 0.0690. The molecule has 21 heavy (non-hydrogen) atoms. The summed E-state index contributed by atoms with van der Waals surface area (Å²) in [5.74, 6) is -0.446. The maximum Gasteiger partial charge on any atom is 0.358 e. The number of hydrogen-bond donors (Lipinski definition) is 4. The summed E-state index contributed by atoms with van der Waals surface area (Å²) >= 11 is 0. The van der Waals surface area contributed by atoms with Gasteiger partial charge in [0.25, 0.3) is 0 Å². The average molecular weight is 294 g/mol. The first-order chi connectivity index (χ1) is 10.1. The Morgan fingerprint density at radius 3 is 2.81 bits per heavy atom. The number of carbonyl (C=O) groups is 2. The van der Waals surface area contributed by atoms with E-state index in [1.807, 2.05) is 0 Å². The monoisotopic (exact) mass is 294 g/mol. The molecule has 0 saturated carbocycles. The molecule has 2 heterocycles. The van der Waals surface area contributed by atoms with Crippen molar-refractivity contribution in [3.8, 4) is 0 Å². The standard InChI is InChI=1S/C10H14N8O3/c19-9(20)7-5-18(17-15-7)4-3-12-10(21)11-2-1-8-13-6-14-16-8/h5-6H,1-4H2,(H,19,20)(H2,11,12,21)(H,13,14,16). The maximum atomic E-state index is 11.5. The van der Waals surface area contributed by atoms with Gasteiger partial charge in [-0.25, -0.2) is 19.3 Å². The maximum absolute atomic E-state index is 11.5. The van der Waals surface area contributed by atoms with Crippen LogP contribution in [0.4, 0.5) is 4.79 Å². The van der Waals surface area contributed by atoms with Crippen LogP contribution in [-0.2, 0) is 13.0 Å². The van der Waals surface area contributed by atoms with Crippen LogP contribution in [0, 0.1) is 0 Å². The summed E-state index contributed by atoms with van der Waals surface area (Å²) in [6.07, 6.45) is 3.25. The predicted molar refractivity (Wildman–Crippen MR) is 68.5 cm³/mol. The number of amides is 2. The average Bonchev–Trinajstić information content (AvgIpc) is 3.09. The summed E-state index contributed by atoms with van der Waals surface area (Å²) in [7, 11) is 0. The summed E-state index contributed by atoms with van der Waals surface area (Å²) in [4.78, 5) is 26.0. The van der Waals surface area contributed by atoms with Crippen molar-refractivity contribution >= 4 is 12.0 Å². The van der Waals surface area contributed by atoms with Crippen LogP contribution >= 0.6 is 0 Å². The van der Waals surface area contributed by atoms with Crippen molar-refractivity contribution < 1.29 is 14.7 Å². The van der Waals surface area contributed by atoms with Crippen LogP contribution in [-0.4, -0.2) is 60.4 Å². The van der Waals surface area contributed by atoms with Crippen molar-refractivity contribution in [3.05, 3.63) is 24.0 Å². The van der Waals surface area contributed by atoms with Gasteiger partial charge in [0.1, 0.15) is 12.2 Å². The highest BCUT2D eigenvalue weighted by molar-refractivity contribution is 5.84. The van der Waals surface area contributed by atoms with E-state index in [2.05, 4.69) is 36.1 Å². The molecule has 0 saturated heterocycles. The molecule has 0 aromatic carbocycles. The Labute approximate surface area is 118 Å². The number of aromatic carboxylic acids is 1. The van der Waals surface area contributed by atoms with Gasteiger partial charge in [0.05, 0.1) is 12.7 Å². The molecule has 0 bridgehead atoms. The fourth-order valence-electron chi connectivity index (χ4n) is 1.50. The fraction of sp³-hybridized carbons (Fsp3) is 0.400. The van der Waals surface area contributed by atoms with Crippen LogP contribution in [0.1, 0.15) is 16.3 Å². The first-order valence-electron chi connectivity index (χ1n) is 6.14. The van der Waals surface area contributed by atoms with Gasteiger partial charge in [-0.1, -0.05) is 5.21 Å². The predicted octanol–water partition coefficient (Wildman–Crippen LogP) is -1.36. The largest absolute Gasteiger partial charge is 0.476 e. The fourth-order valence-corrected chi connectivity index (χ4v) is 1.50. The summed E-state index contributed by atoms with van der Waals surface area (Å²) in [5.41, 5.74) is -0.133. The molecular formula is C10H14N8O3. The highest BCUT2D eigenvalue weighted by atomic mass is 16.4. The van der Waals surface area contributed by atoms with E-state index in [4.69, 9.17) is 5.11 Å². The van der Waals surface area contributed by atoms with Crippen LogP contribution in [0.2, 0.25) is 0 Å². The quantitative estimate of drug-likeness (QED) is 0.492. The number of carboxylic acids is 1. The van der Waals surface area contributed by atoms with Gasteiger partial charge in [0.15, 0.2) is 5.69 Å². The van der Waals surface area contributed by atoms with Gasteiger partial charge in [-0.05, 0) is 0 Å². The van der Waals surface area contributed by atoms with Gasteiger partial charge in [-0.3, -0.25) is 5.10 Å². The van der Waals surface area contributed by atoms with E-state index in [1.165, 1.54) is 17.2 Å². The number of H-pyrrole nitrogens is 1. The summed E-state index contributed by atoms with van der Waals surface area (Å²) in [6, 6.07) is -0.326. The molecule has 11 nitrogen and oxygen atoms in total. The number of hydrogen-bond acceptors (Lipinski definition) is 6. The minimum absolute atomic E-state index is 0.133. The van der Waals surface area contributed by atoms with Gasteiger partial charge in [0, 0.05) is 19.5 Å². The topological polar surface area (TPSA) is 151 Å². The molecule has 2 aromatic heterocycles. The Balaban J connectivity index is 1.61. The van der Waals surface area contributed by atoms with Crippen LogP contribution in [0.5, 0.6) is 0 Å². The van der Waals surface area contributed by atoms with E-state index in [0.29, 0.717) is 31.9 Å².